The maximum absolute atomic E-state index is 13.1. The highest BCUT2D eigenvalue weighted by Gasteiger charge is 2.02. The summed E-state index contributed by atoms with van der Waals surface area (Å²) in [4.78, 5) is 3.96. The van der Waals surface area contributed by atoms with E-state index in [9.17, 15) is 4.39 Å². The number of benzene rings is 1. The molecule has 0 bridgehead atoms. The standard InChI is InChI=1S/C11H7ClFN/c12-10-4-3-8(6-11(10)13)9-2-1-5-14-7-9/h1-7H. The minimum Gasteiger partial charge on any atom is -0.264 e. The van der Waals surface area contributed by atoms with Crippen LogP contribution in [0, 0.1) is 5.82 Å². The molecule has 0 aliphatic heterocycles. The second kappa shape index (κ2) is 3.76. The SMILES string of the molecule is Fc1cc(-c2cccnc2)ccc1Cl. The third-order valence-electron chi connectivity index (χ3n) is 1.91. The van der Waals surface area contributed by atoms with Crippen LogP contribution in [0.1, 0.15) is 0 Å². The summed E-state index contributed by atoms with van der Waals surface area (Å²) >= 11 is 5.58. The lowest BCUT2D eigenvalue weighted by molar-refractivity contribution is 0.629. The van der Waals surface area contributed by atoms with Gasteiger partial charge in [-0.2, -0.15) is 0 Å². The molecule has 0 unspecified atom stereocenters. The summed E-state index contributed by atoms with van der Waals surface area (Å²) in [5, 5.41) is 0.137. The van der Waals surface area contributed by atoms with Crippen molar-refractivity contribution in [3.8, 4) is 11.1 Å². The first-order chi connectivity index (χ1) is 6.77. The molecule has 3 heteroatoms. The van der Waals surface area contributed by atoms with Gasteiger partial charge in [0.1, 0.15) is 5.82 Å². The maximum Gasteiger partial charge on any atom is 0.142 e. The quantitative estimate of drug-likeness (QED) is 0.697. The van der Waals surface area contributed by atoms with Gasteiger partial charge in [-0.3, -0.25) is 4.98 Å². The normalized spacial score (nSPS) is 10.1. The van der Waals surface area contributed by atoms with Gasteiger partial charge in [-0.15, -0.1) is 0 Å². The van der Waals surface area contributed by atoms with Crippen LogP contribution in [0.2, 0.25) is 5.02 Å². The van der Waals surface area contributed by atoms with Crippen molar-refractivity contribution in [3.05, 3.63) is 53.6 Å². The topological polar surface area (TPSA) is 12.9 Å². The van der Waals surface area contributed by atoms with Gasteiger partial charge in [-0.25, -0.2) is 4.39 Å². The van der Waals surface area contributed by atoms with Crippen LogP contribution in [0.3, 0.4) is 0 Å². The summed E-state index contributed by atoms with van der Waals surface area (Å²) in [5.74, 6) is -0.409. The van der Waals surface area contributed by atoms with Crippen molar-refractivity contribution in [3.63, 3.8) is 0 Å². The van der Waals surface area contributed by atoms with Crippen molar-refractivity contribution in [1.29, 1.82) is 0 Å². The van der Waals surface area contributed by atoms with Gasteiger partial charge in [0.25, 0.3) is 0 Å². The maximum atomic E-state index is 13.1. The lowest BCUT2D eigenvalue weighted by Gasteiger charge is -2.01. The van der Waals surface area contributed by atoms with Crippen molar-refractivity contribution in [1.82, 2.24) is 4.98 Å². The molecule has 0 saturated heterocycles. The van der Waals surface area contributed by atoms with Gasteiger partial charge >= 0.3 is 0 Å². The Balaban J connectivity index is 2.48. The van der Waals surface area contributed by atoms with E-state index in [4.69, 9.17) is 11.6 Å². The highest BCUT2D eigenvalue weighted by Crippen LogP contribution is 2.23. The van der Waals surface area contributed by atoms with Gasteiger partial charge in [0, 0.05) is 18.0 Å². The number of rotatable bonds is 1. The van der Waals surface area contributed by atoms with Gasteiger partial charge in [0.2, 0.25) is 0 Å². The van der Waals surface area contributed by atoms with E-state index in [2.05, 4.69) is 4.98 Å². The van der Waals surface area contributed by atoms with E-state index in [1.807, 2.05) is 12.1 Å². The van der Waals surface area contributed by atoms with Crippen LogP contribution in [0.25, 0.3) is 11.1 Å². The van der Waals surface area contributed by atoms with Gasteiger partial charge in [0.15, 0.2) is 0 Å². The van der Waals surface area contributed by atoms with E-state index in [-0.39, 0.29) is 5.02 Å². The van der Waals surface area contributed by atoms with Crippen molar-refractivity contribution in [2.75, 3.05) is 0 Å². The molecule has 1 aromatic carbocycles. The lowest BCUT2D eigenvalue weighted by atomic mass is 10.1. The average Bonchev–Trinajstić information content (AvgIpc) is 2.23. The molecular weight excluding hydrogens is 201 g/mol. The molecule has 2 aromatic rings. The monoisotopic (exact) mass is 207 g/mol. The molecule has 0 aliphatic rings. The Bertz CT molecular complexity index is 442. The van der Waals surface area contributed by atoms with Crippen LogP contribution < -0.4 is 0 Å². The molecule has 0 fully saturated rings. The molecule has 0 spiro atoms. The van der Waals surface area contributed by atoms with Crippen molar-refractivity contribution < 1.29 is 4.39 Å². The van der Waals surface area contributed by atoms with Gasteiger partial charge in [0.05, 0.1) is 5.02 Å². The Morgan fingerprint density at radius 1 is 1.14 bits per heavy atom. The summed E-state index contributed by atoms with van der Waals surface area (Å²) in [6.07, 6.45) is 3.36. The molecule has 1 heterocycles. The second-order valence-corrected chi connectivity index (χ2v) is 3.28. The van der Waals surface area contributed by atoms with E-state index in [1.54, 1.807) is 24.5 Å². The third kappa shape index (κ3) is 1.75. The molecule has 0 radical (unpaired) electrons. The zero-order valence-electron chi connectivity index (χ0n) is 7.24. The van der Waals surface area contributed by atoms with Crippen molar-refractivity contribution in [2.45, 2.75) is 0 Å². The zero-order chi connectivity index (χ0) is 9.97. The number of nitrogens with zero attached hydrogens (tertiary/aromatic N) is 1. The summed E-state index contributed by atoms with van der Waals surface area (Å²) < 4.78 is 13.1. The molecule has 0 saturated carbocycles. The molecule has 0 N–H and O–H groups in total. The lowest BCUT2D eigenvalue weighted by Crippen LogP contribution is -1.82. The van der Waals surface area contributed by atoms with Crippen molar-refractivity contribution >= 4 is 11.6 Å². The minimum absolute atomic E-state index is 0.137. The number of aromatic nitrogens is 1. The number of pyridine rings is 1. The molecule has 14 heavy (non-hydrogen) atoms. The highest BCUT2D eigenvalue weighted by atomic mass is 35.5. The van der Waals surface area contributed by atoms with Crippen molar-refractivity contribution in [2.24, 2.45) is 0 Å². The first-order valence-corrected chi connectivity index (χ1v) is 4.50. The van der Waals surface area contributed by atoms with E-state index >= 15 is 0 Å². The molecule has 70 valence electrons. The highest BCUT2D eigenvalue weighted by molar-refractivity contribution is 6.30. The van der Waals surface area contributed by atoms with E-state index in [1.165, 1.54) is 6.07 Å². The van der Waals surface area contributed by atoms with E-state index in [0.717, 1.165) is 11.1 Å². The summed E-state index contributed by atoms with van der Waals surface area (Å²) in [6, 6.07) is 8.39. The van der Waals surface area contributed by atoms with Gasteiger partial charge < -0.3 is 0 Å². The summed E-state index contributed by atoms with van der Waals surface area (Å²) in [5.41, 5.74) is 1.66. The van der Waals surface area contributed by atoms with Crippen LogP contribution in [-0.2, 0) is 0 Å². The average molecular weight is 208 g/mol. The smallest absolute Gasteiger partial charge is 0.142 e. The Morgan fingerprint density at radius 3 is 2.64 bits per heavy atom. The Morgan fingerprint density at radius 2 is 2.00 bits per heavy atom. The molecule has 0 amide bonds. The van der Waals surface area contributed by atoms with Crippen LogP contribution >= 0.6 is 11.6 Å². The molecule has 0 atom stereocenters. The zero-order valence-corrected chi connectivity index (χ0v) is 8.00. The molecule has 0 aliphatic carbocycles. The van der Waals surface area contributed by atoms with E-state index in [0.29, 0.717) is 0 Å². The molecular formula is C11H7ClFN. The number of hydrogen-bond donors (Lipinski definition) is 0. The molecule has 1 nitrogen and oxygen atoms in total. The van der Waals surface area contributed by atoms with Crippen LogP contribution in [-0.4, -0.2) is 4.98 Å². The largest absolute Gasteiger partial charge is 0.264 e. The Labute approximate surface area is 86.2 Å². The predicted octanol–water partition coefficient (Wildman–Crippen LogP) is 3.54. The van der Waals surface area contributed by atoms with Crippen LogP contribution in [0.5, 0.6) is 0 Å². The molecule has 2 rings (SSSR count). The first-order valence-electron chi connectivity index (χ1n) is 4.13. The van der Waals surface area contributed by atoms with E-state index < -0.39 is 5.82 Å². The number of hydrogen-bond acceptors (Lipinski definition) is 1. The number of halogens is 2. The second-order valence-electron chi connectivity index (χ2n) is 2.87. The van der Waals surface area contributed by atoms with Crippen LogP contribution in [0.15, 0.2) is 42.7 Å². The fourth-order valence-electron chi connectivity index (χ4n) is 1.21. The molecule has 1 aromatic heterocycles. The fraction of sp³-hybridized carbons (Fsp3) is 0. The summed E-state index contributed by atoms with van der Waals surface area (Å²) in [7, 11) is 0. The summed E-state index contributed by atoms with van der Waals surface area (Å²) in [6.45, 7) is 0. The van der Waals surface area contributed by atoms with Gasteiger partial charge in [-0.05, 0) is 23.8 Å². The van der Waals surface area contributed by atoms with Crippen LogP contribution in [0.4, 0.5) is 4.39 Å². The Kier molecular flexibility index (Phi) is 2.46. The first kappa shape index (κ1) is 9.16. The minimum atomic E-state index is -0.409. The fourth-order valence-corrected chi connectivity index (χ4v) is 1.33. The van der Waals surface area contributed by atoms with Gasteiger partial charge in [-0.1, -0.05) is 23.7 Å². The third-order valence-corrected chi connectivity index (χ3v) is 2.22. The Hall–Kier alpha value is -1.41. The predicted molar refractivity (Wildman–Crippen MR) is 54.6 cm³/mol.